The molecule has 1 saturated carbocycles. The van der Waals surface area contributed by atoms with Gasteiger partial charge in [0.1, 0.15) is 16.9 Å². The molecular weight excluding hydrogens is 572 g/mol. The lowest BCUT2D eigenvalue weighted by molar-refractivity contribution is -0.0504. The van der Waals surface area contributed by atoms with Crippen LogP contribution in [0.5, 0.6) is 5.75 Å². The van der Waals surface area contributed by atoms with Gasteiger partial charge in [0.05, 0.1) is 11.4 Å². The fraction of sp³-hybridized carbons (Fsp3) is 0.393. The summed E-state index contributed by atoms with van der Waals surface area (Å²) in [6, 6.07) is 8.59. The molecule has 2 aromatic carbocycles. The van der Waals surface area contributed by atoms with Crippen molar-refractivity contribution >= 4 is 33.4 Å². The minimum atomic E-state index is -2.93. The molecule has 39 heavy (non-hydrogen) atoms. The minimum absolute atomic E-state index is 0.0756. The number of hydrogen-bond acceptors (Lipinski definition) is 7. The number of nitrogens with two attached hydrogens (primary N) is 1. The summed E-state index contributed by atoms with van der Waals surface area (Å²) in [5.41, 5.74) is 9.24. The number of halogens is 3. The molecule has 0 radical (unpaired) electrons. The van der Waals surface area contributed by atoms with Gasteiger partial charge in [-0.2, -0.15) is 8.78 Å². The molecule has 1 aliphatic carbocycles. The third kappa shape index (κ3) is 6.76. The van der Waals surface area contributed by atoms with Crippen molar-refractivity contribution in [2.24, 2.45) is 0 Å². The van der Waals surface area contributed by atoms with Crippen LogP contribution in [0.1, 0.15) is 57.0 Å². The number of carbonyl (C=O) groups excluding carboxylic acids is 1. The molecule has 0 saturated heterocycles. The van der Waals surface area contributed by atoms with E-state index in [1.165, 1.54) is 6.07 Å². The van der Waals surface area contributed by atoms with Gasteiger partial charge in [-0.15, -0.1) is 0 Å². The summed E-state index contributed by atoms with van der Waals surface area (Å²) in [7, 11) is 0. The average molecular weight is 604 g/mol. The molecule has 4 rings (SSSR count). The van der Waals surface area contributed by atoms with Gasteiger partial charge < -0.3 is 25.8 Å². The van der Waals surface area contributed by atoms with Crippen molar-refractivity contribution in [1.29, 1.82) is 0 Å². The first-order valence-electron chi connectivity index (χ1n) is 12.6. The molecule has 1 aliphatic rings. The van der Waals surface area contributed by atoms with Crippen LogP contribution in [0.3, 0.4) is 0 Å². The zero-order valence-corrected chi connectivity index (χ0v) is 23.9. The fourth-order valence-electron chi connectivity index (χ4n) is 4.44. The topological polar surface area (TPSA) is 111 Å². The quantitative estimate of drug-likeness (QED) is 0.240. The van der Waals surface area contributed by atoms with Crippen LogP contribution >= 0.6 is 15.9 Å². The van der Waals surface area contributed by atoms with Crippen LogP contribution in [0.2, 0.25) is 0 Å². The second-order valence-corrected chi connectivity index (χ2v) is 11.4. The van der Waals surface area contributed by atoms with Gasteiger partial charge in [0.15, 0.2) is 5.82 Å². The van der Waals surface area contributed by atoms with Crippen LogP contribution in [0, 0.1) is 6.92 Å². The minimum Gasteiger partial charge on any atom is -0.444 e. The van der Waals surface area contributed by atoms with E-state index in [4.69, 9.17) is 10.5 Å². The highest BCUT2D eigenvalue weighted by molar-refractivity contribution is 9.10. The Bertz CT molecular complexity index is 1340. The van der Waals surface area contributed by atoms with Gasteiger partial charge in [-0.25, -0.2) is 14.8 Å². The Balaban J connectivity index is 1.55. The number of amides is 1. The number of alkyl halides is 2. The number of aryl methyl sites for hydroxylation is 1. The normalized spacial score (nSPS) is 14.5. The van der Waals surface area contributed by atoms with Gasteiger partial charge >= 0.3 is 12.7 Å². The van der Waals surface area contributed by atoms with Crippen LogP contribution in [0.25, 0.3) is 11.1 Å². The number of hydrogen-bond donors (Lipinski definition) is 3. The van der Waals surface area contributed by atoms with Crippen LogP contribution in [-0.2, 0) is 16.8 Å². The van der Waals surface area contributed by atoms with Crippen molar-refractivity contribution < 1.29 is 23.0 Å². The Morgan fingerprint density at radius 1 is 1.21 bits per heavy atom. The van der Waals surface area contributed by atoms with Gasteiger partial charge in [-0.05, 0) is 82.3 Å². The van der Waals surface area contributed by atoms with E-state index < -0.39 is 23.8 Å². The number of aromatic nitrogens is 2. The average Bonchev–Trinajstić information content (AvgIpc) is 2.81. The van der Waals surface area contributed by atoms with E-state index in [9.17, 15) is 13.6 Å². The summed E-state index contributed by atoms with van der Waals surface area (Å²) in [5, 5.41) is 6.20. The lowest BCUT2D eigenvalue weighted by atomic mass is 9.76. The maximum absolute atomic E-state index is 12.9. The monoisotopic (exact) mass is 603 g/mol. The highest BCUT2D eigenvalue weighted by Crippen LogP contribution is 2.40. The van der Waals surface area contributed by atoms with E-state index in [0.717, 1.165) is 36.0 Å². The van der Waals surface area contributed by atoms with Crippen molar-refractivity contribution in [2.75, 3.05) is 11.1 Å². The molecule has 11 heteroatoms. The molecule has 3 aromatic rings. The summed E-state index contributed by atoms with van der Waals surface area (Å²) in [6.07, 6.45) is 5.37. The van der Waals surface area contributed by atoms with Crippen LogP contribution in [0.15, 0.2) is 47.2 Å². The van der Waals surface area contributed by atoms with Crippen LogP contribution in [0.4, 0.5) is 25.0 Å². The summed E-state index contributed by atoms with van der Waals surface area (Å²) in [5.74, 6) is 0.613. The lowest BCUT2D eigenvalue weighted by Crippen LogP contribution is -2.53. The van der Waals surface area contributed by atoms with Gasteiger partial charge in [0, 0.05) is 34.5 Å². The maximum atomic E-state index is 12.9. The molecule has 4 N–H and O–H groups in total. The Morgan fingerprint density at radius 3 is 2.49 bits per heavy atom. The predicted octanol–water partition coefficient (Wildman–Crippen LogP) is 6.91. The highest BCUT2D eigenvalue weighted by Gasteiger charge is 2.43. The largest absolute Gasteiger partial charge is 0.444 e. The molecule has 208 valence electrons. The molecule has 0 spiro atoms. The molecule has 0 bridgehead atoms. The molecule has 1 fully saturated rings. The second-order valence-electron chi connectivity index (χ2n) is 10.6. The summed E-state index contributed by atoms with van der Waals surface area (Å²) >= 11 is 3.41. The Labute approximate surface area is 234 Å². The lowest BCUT2D eigenvalue weighted by Gasteiger charge is -2.41. The van der Waals surface area contributed by atoms with E-state index in [-0.39, 0.29) is 12.3 Å². The van der Waals surface area contributed by atoms with E-state index in [0.29, 0.717) is 27.2 Å². The number of alkyl carbamates (subject to hydrolysis) is 1. The second kappa shape index (κ2) is 11.3. The number of nitrogen functional groups attached to an aromatic ring is 1. The van der Waals surface area contributed by atoms with E-state index in [1.54, 1.807) is 24.5 Å². The van der Waals surface area contributed by atoms with Gasteiger partial charge in [-0.1, -0.05) is 22.0 Å². The number of nitrogens with zero attached hydrogens (tertiary/aromatic N) is 2. The fourth-order valence-corrected chi connectivity index (χ4v) is 4.93. The summed E-state index contributed by atoms with van der Waals surface area (Å²) in [4.78, 5) is 21.7. The Hall–Kier alpha value is -3.47. The number of anilines is 2. The number of rotatable bonds is 8. The smallest absolute Gasteiger partial charge is 0.408 e. The van der Waals surface area contributed by atoms with Crippen molar-refractivity contribution in [3.8, 4) is 16.9 Å². The molecule has 8 nitrogen and oxygen atoms in total. The van der Waals surface area contributed by atoms with E-state index in [1.807, 2.05) is 39.8 Å². The first kappa shape index (κ1) is 28.5. The van der Waals surface area contributed by atoms with Crippen molar-refractivity contribution in [3.05, 3.63) is 64.1 Å². The number of benzene rings is 2. The first-order valence-corrected chi connectivity index (χ1v) is 13.4. The van der Waals surface area contributed by atoms with Gasteiger partial charge in [0.2, 0.25) is 0 Å². The molecule has 0 atom stereocenters. The number of carbonyl (C=O) groups is 1. The first-order chi connectivity index (χ1) is 18.4. The zero-order chi connectivity index (χ0) is 28.4. The molecule has 1 amide bonds. The Morgan fingerprint density at radius 2 is 1.90 bits per heavy atom. The Kier molecular flexibility index (Phi) is 8.29. The zero-order valence-electron chi connectivity index (χ0n) is 22.3. The molecule has 1 heterocycles. The molecular formula is C28H32BrF2N5O3. The molecule has 1 aromatic heterocycles. The third-order valence-electron chi connectivity index (χ3n) is 6.48. The SMILES string of the molecule is Cc1cc(N)c(NCc2c(Br)cccc2OC(F)F)cc1-c1cnc(C2(NC(=O)OC(C)(C)C)CCC2)nc1. The number of ether oxygens (including phenoxy) is 2. The summed E-state index contributed by atoms with van der Waals surface area (Å²) in [6.45, 7) is 4.65. The van der Waals surface area contributed by atoms with Gasteiger partial charge in [0.25, 0.3) is 0 Å². The van der Waals surface area contributed by atoms with Crippen LogP contribution in [-0.4, -0.2) is 28.3 Å². The predicted molar refractivity (Wildman–Crippen MR) is 150 cm³/mol. The highest BCUT2D eigenvalue weighted by atomic mass is 79.9. The van der Waals surface area contributed by atoms with E-state index in [2.05, 4.69) is 41.3 Å². The number of nitrogens with one attached hydrogen (secondary N) is 2. The van der Waals surface area contributed by atoms with Crippen molar-refractivity contribution in [3.63, 3.8) is 0 Å². The molecule has 0 aliphatic heterocycles. The van der Waals surface area contributed by atoms with Crippen LogP contribution < -0.4 is 21.1 Å². The van der Waals surface area contributed by atoms with Crippen molar-refractivity contribution in [2.45, 2.75) is 71.3 Å². The molecule has 0 unspecified atom stereocenters. The maximum Gasteiger partial charge on any atom is 0.408 e. The van der Waals surface area contributed by atoms with Crippen molar-refractivity contribution in [1.82, 2.24) is 15.3 Å². The standard InChI is InChI=1S/C28H32BrF2N5O3/c1-16-11-21(32)22(33-15-19-20(29)7-5-8-23(19)38-25(30)31)12-18(16)17-13-34-24(35-14-17)28(9-6-10-28)36-26(37)39-27(2,3)4/h5,7-8,11-14,25,33H,6,9-10,15,32H2,1-4H3,(H,36,37). The summed E-state index contributed by atoms with van der Waals surface area (Å²) < 4.78 is 36.5. The van der Waals surface area contributed by atoms with Gasteiger partial charge in [-0.3, -0.25) is 0 Å². The third-order valence-corrected chi connectivity index (χ3v) is 7.23. The van der Waals surface area contributed by atoms with E-state index >= 15 is 0 Å².